The lowest BCUT2D eigenvalue weighted by Gasteiger charge is -2.16. The van der Waals surface area contributed by atoms with Crippen LogP contribution in [0.5, 0.6) is 0 Å². The quantitative estimate of drug-likeness (QED) is 0.408. The minimum Gasteiger partial charge on any atom is -0.465 e. The van der Waals surface area contributed by atoms with Gasteiger partial charge in [0, 0.05) is 17.5 Å². The van der Waals surface area contributed by atoms with Crippen molar-refractivity contribution >= 4 is 17.6 Å². The van der Waals surface area contributed by atoms with E-state index >= 15 is 0 Å². The number of nitrogens with two attached hydrogens (primary N) is 1. The molecule has 0 fully saturated rings. The van der Waals surface area contributed by atoms with E-state index in [1.54, 1.807) is 19.1 Å². The van der Waals surface area contributed by atoms with Crippen LogP contribution in [0.15, 0.2) is 72.8 Å². The van der Waals surface area contributed by atoms with Crippen LogP contribution in [-0.4, -0.2) is 18.5 Å². The summed E-state index contributed by atoms with van der Waals surface area (Å²) >= 11 is 0. The first-order chi connectivity index (χ1) is 15.6. The fourth-order valence-electron chi connectivity index (χ4n) is 4.06. The van der Waals surface area contributed by atoms with Crippen molar-refractivity contribution in [2.75, 3.05) is 11.9 Å². The SMILES string of the molecule is C[C@H](CC(=O)OCC1c2ccccc2-c2ccccc21)C(=O)Nc1ccc(CON)cc1. The van der Waals surface area contributed by atoms with Crippen LogP contribution in [0.4, 0.5) is 5.69 Å². The second-order valence-corrected chi connectivity index (χ2v) is 8.01. The lowest BCUT2D eigenvalue weighted by molar-refractivity contribution is -0.146. The van der Waals surface area contributed by atoms with Gasteiger partial charge in [-0.05, 0) is 39.9 Å². The van der Waals surface area contributed by atoms with Gasteiger partial charge < -0.3 is 10.1 Å². The Kier molecular flexibility index (Phi) is 6.63. The maximum Gasteiger partial charge on any atom is 0.306 e. The third kappa shape index (κ3) is 4.72. The van der Waals surface area contributed by atoms with Gasteiger partial charge in [-0.1, -0.05) is 67.6 Å². The zero-order chi connectivity index (χ0) is 22.5. The van der Waals surface area contributed by atoms with E-state index in [4.69, 9.17) is 10.6 Å². The number of fused-ring (bicyclic) bond motifs is 3. The van der Waals surface area contributed by atoms with Crippen LogP contribution in [-0.2, 0) is 25.8 Å². The Labute approximate surface area is 187 Å². The lowest BCUT2D eigenvalue weighted by atomic mass is 9.98. The van der Waals surface area contributed by atoms with Crippen LogP contribution in [0.3, 0.4) is 0 Å². The summed E-state index contributed by atoms with van der Waals surface area (Å²) in [6.45, 7) is 2.27. The molecule has 0 saturated carbocycles. The number of carbonyl (C=O) groups is 2. The van der Waals surface area contributed by atoms with Gasteiger partial charge in [0.15, 0.2) is 0 Å². The Bertz CT molecular complexity index is 1070. The highest BCUT2D eigenvalue weighted by Crippen LogP contribution is 2.44. The molecule has 0 radical (unpaired) electrons. The summed E-state index contributed by atoms with van der Waals surface area (Å²) < 4.78 is 5.61. The Balaban J connectivity index is 1.32. The van der Waals surface area contributed by atoms with E-state index in [9.17, 15) is 9.59 Å². The number of benzene rings is 3. The maximum atomic E-state index is 12.5. The molecular formula is C26H26N2O4. The predicted molar refractivity (Wildman–Crippen MR) is 123 cm³/mol. The summed E-state index contributed by atoms with van der Waals surface area (Å²) in [5, 5.41) is 2.82. The molecule has 0 spiro atoms. The second kappa shape index (κ2) is 9.77. The van der Waals surface area contributed by atoms with Crippen LogP contribution >= 0.6 is 0 Å². The first-order valence-electron chi connectivity index (χ1n) is 10.6. The summed E-state index contributed by atoms with van der Waals surface area (Å²) in [5.41, 5.74) is 6.24. The van der Waals surface area contributed by atoms with Gasteiger partial charge in [-0.3, -0.25) is 14.4 Å². The number of nitrogens with one attached hydrogen (secondary N) is 1. The molecule has 1 aliphatic rings. The molecule has 6 heteroatoms. The van der Waals surface area contributed by atoms with Crippen molar-refractivity contribution in [3.05, 3.63) is 89.5 Å². The van der Waals surface area contributed by atoms with Crippen LogP contribution in [0.2, 0.25) is 0 Å². The van der Waals surface area contributed by atoms with Crippen LogP contribution in [0, 0.1) is 5.92 Å². The van der Waals surface area contributed by atoms with E-state index in [2.05, 4.69) is 34.4 Å². The molecule has 1 aliphatic carbocycles. The molecule has 3 aromatic carbocycles. The molecule has 164 valence electrons. The van der Waals surface area contributed by atoms with Crippen LogP contribution in [0.1, 0.15) is 36.0 Å². The Morgan fingerprint density at radius 2 is 1.53 bits per heavy atom. The van der Waals surface area contributed by atoms with Gasteiger partial charge in [-0.2, -0.15) is 0 Å². The standard InChI is InChI=1S/C26H26N2O4/c1-17(26(30)28-19-12-10-18(11-13-19)15-32-27)14-25(29)31-16-24-22-8-4-2-6-20(22)21-7-3-5-9-23(21)24/h2-13,17,24H,14-16,27H2,1H3,(H,28,30)/t17-/m1/s1. The number of anilines is 1. The highest BCUT2D eigenvalue weighted by Gasteiger charge is 2.29. The fourth-order valence-corrected chi connectivity index (χ4v) is 4.06. The minimum absolute atomic E-state index is 0.00602. The summed E-state index contributed by atoms with van der Waals surface area (Å²) in [6, 6.07) is 23.6. The molecule has 0 aromatic heterocycles. The van der Waals surface area contributed by atoms with Crippen molar-refractivity contribution < 1.29 is 19.2 Å². The van der Waals surface area contributed by atoms with E-state index in [0.29, 0.717) is 12.3 Å². The zero-order valence-corrected chi connectivity index (χ0v) is 17.9. The molecule has 0 heterocycles. The van der Waals surface area contributed by atoms with E-state index in [1.807, 2.05) is 36.4 Å². The molecule has 6 nitrogen and oxygen atoms in total. The third-order valence-corrected chi connectivity index (χ3v) is 5.77. The average Bonchev–Trinajstić information content (AvgIpc) is 3.13. The number of ether oxygens (including phenoxy) is 1. The molecule has 0 bridgehead atoms. The van der Waals surface area contributed by atoms with Crippen LogP contribution in [0.25, 0.3) is 11.1 Å². The van der Waals surface area contributed by atoms with Crippen molar-refractivity contribution in [3.8, 4) is 11.1 Å². The monoisotopic (exact) mass is 430 g/mol. The van der Waals surface area contributed by atoms with Crippen molar-refractivity contribution in [1.29, 1.82) is 0 Å². The normalized spacial score (nSPS) is 13.2. The van der Waals surface area contributed by atoms with Gasteiger partial charge in [0.1, 0.15) is 6.61 Å². The molecule has 0 unspecified atom stereocenters. The number of hydrogen-bond donors (Lipinski definition) is 2. The van der Waals surface area contributed by atoms with Gasteiger partial charge in [0.2, 0.25) is 5.91 Å². The largest absolute Gasteiger partial charge is 0.465 e. The molecule has 4 rings (SSSR count). The minimum atomic E-state index is -0.516. The van der Waals surface area contributed by atoms with Crippen molar-refractivity contribution in [1.82, 2.24) is 0 Å². The molecule has 3 N–H and O–H groups in total. The van der Waals surface area contributed by atoms with E-state index < -0.39 is 5.92 Å². The van der Waals surface area contributed by atoms with Crippen molar-refractivity contribution in [3.63, 3.8) is 0 Å². The maximum absolute atomic E-state index is 12.5. The molecule has 1 atom stereocenters. The van der Waals surface area contributed by atoms with Gasteiger partial charge in [0.05, 0.1) is 13.0 Å². The Morgan fingerprint density at radius 3 is 2.12 bits per heavy atom. The van der Waals surface area contributed by atoms with E-state index in [0.717, 1.165) is 16.7 Å². The second-order valence-electron chi connectivity index (χ2n) is 8.01. The summed E-state index contributed by atoms with van der Waals surface area (Å²) in [4.78, 5) is 29.6. The number of esters is 1. The lowest BCUT2D eigenvalue weighted by Crippen LogP contribution is -2.24. The first kappa shape index (κ1) is 21.7. The molecule has 3 aromatic rings. The molecule has 1 amide bonds. The van der Waals surface area contributed by atoms with E-state index in [-0.39, 0.29) is 30.8 Å². The molecule has 32 heavy (non-hydrogen) atoms. The number of rotatable bonds is 8. The zero-order valence-electron chi connectivity index (χ0n) is 17.9. The topological polar surface area (TPSA) is 90.7 Å². The third-order valence-electron chi connectivity index (χ3n) is 5.77. The molecule has 0 saturated heterocycles. The fraction of sp³-hybridized carbons (Fsp3) is 0.231. The van der Waals surface area contributed by atoms with Gasteiger partial charge >= 0.3 is 5.97 Å². The van der Waals surface area contributed by atoms with Gasteiger partial charge in [-0.15, -0.1) is 0 Å². The van der Waals surface area contributed by atoms with Gasteiger partial charge in [-0.25, -0.2) is 5.90 Å². The predicted octanol–water partition coefficient (Wildman–Crippen LogP) is 4.40. The highest BCUT2D eigenvalue weighted by atomic mass is 16.6. The summed E-state index contributed by atoms with van der Waals surface area (Å²) in [6.07, 6.45) is 0.0148. The average molecular weight is 431 g/mol. The summed E-state index contributed by atoms with van der Waals surface area (Å²) in [5.74, 6) is 3.93. The number of hydrogen-bond acceptors (Lipinski definition) is 5. The summed E-state index contributed by atoms with van der Waals surface area (Å²) in [7, 11) is 0. The number of amides is 1. The van der Waals surface area contributed by atoms with Crippen molar-refractivity contribution in [2.24, 2.45) is 11.8 Å². The highest BCUT2D eigenvalue weighted by molar-refractivity contribution is 5.94. The smallest absolute Gasteiger partial charge is 0.306 e. The van der Waals surface area contributed by atoms with Crippen molar-refractivity contribution in [2.45, 2.75) is 25.9 Å². The Morgan fingerprint density at radius 1 is 0.938 bits per heavy atom. The number of carbonyl (C=O) groups excluding carboxylic acids is 2. The van der Waals surface area contributed by atoms with E-state index in [1.165, 1.54) is 11.1 Å². The Hall–Kier alpha value is -3.48. The van der Waals surface area contributed by atoms with Crippen LogP contribution < -0.4 is 11.2 Å². The van der Waals surface area contributed by atoms with Gasteiger partial charge in [0.25, 0.3) is 0 Å². The molecular weight excluding hydrogens is 404 g/mol. The first-order valence-corrected chi connectivity index (χ1v) is 10.6. The molecule has 0 aliphatic heterocycles.